The highest BCUT2D eigenvalue weighted by molar-refractivity contribution is 5.22. The first-order chi connectivity index (χ1) is 10.1. The van der Waals surface area contributed by atoms with Gasteiger partial charge in [-0.15, -0.1) is 5.10 Å². The van der Waals surface area contributed by atoms with Crippen molar-refractivity contribution in [1.29, 1.82) is 0 Å². The summed E-state index contributed by atoms with van der Waals surface area (Å²) < 4.78 is 10.8. The Morgan fingerprint density at radius 1 is 1.43 bits per heavy atom. The van der Waals surface area contributed by atoms with Gasteiger partial charge in [-0.25, -0.2) is 0 Å². The van der Waals surface area contributed by atoms with Crippen LogP contribution in [0.2, 0.25) is 0 Å². The minimum atomic E-state index is -0.888. The Labute approximate surface area is 119 Å². The maximum absolute atomic E-state index is 10.6. The fraction of sp³-hybridized carbons (Fsp3) is 0.250. The maximum atomic E-state index is 10.6. The standard InChI is InChI=1S/C12H11N5O4/c1-12(20-4-5-21-12)9-2-3-13-10(6-9)8-16-14-7-11(15-16)17(18)19/h2-7H,8H2,1H3. The van der Waals surface area contributed by atoms with Gasteiger partial charge in [-0.05, 0) is 17.1 Å². The number of hydrogen-bond acceptors (Lipinski definition) is 7. The third-order valence-corrected chi connectivity index (χ3v) is 3.00. The van der Waals surface area contributed by atoms with Crippen molar-refractivity contribution in [1.82, 2.24) is 20.0 Å². The summed E-state index contributed by atoms with van der Waals surface area (Å²) in [5.41, 5.74) is 1.41. The van der Waals surface area contributed by atoms with Gasteiger partial charge in [0.1, 0.15) is 19.1 Å². The van der Waals surface area contributed by atoms with E-state index in [9.17, 15) is 10.1 Å². The smallest absolute Gasteiger partial charge is 0.410 e. The molecule has 0 N–H and O–H groups in total. The molecule has 9 nitrogen and oxygen atoms in total. The second-order valence-corrected chi connectivity index (χ2v) is 4.48. The number of ether oxygens (including phenoxy) is 2. The van der Waals surface area contributed by atoms with Gasteiger partial charge in [-0.1, -0.05) is 4.80 Å². The second-order valence-electron chi connectivity index (χ2n) is 4.48. The van der Waals surface area contributed by atoms with Crippen molar-refractivity contribution in [3.05, 3.63) is 58.4 Å². The van der Waals surface area contributed by atoms with Crippen LogP contribution in [0.1, 0.15) is 18.2 Å². The van der Waals surface area contributed by atoms with E-state index in [1.165, 1.54) is 17.3 Å². The molecule has 2 aromatic heterocycles. The predicted octanol–water partition coefficient (Wildman–Crippen LogP) is 1.32. The van der Waals surface area contributed by atoms with Crippen LogP contribution in [0, 0.1) is 10.1 Å². The molecule has 0 unspecified atom stereocenters. The highest BCUT2D eigenvalue weighted by atomic mass is 16.7. The molecule has 0 amide bonds. The molecule has 1 aliphatic heterocycles. The van der Waals surface area contributed by atoms with Crippen molar-refractivity contribution in [2.75, 3.05) is 0 Å². The van der Waals surface area contributed by atoms with Crippen molar-refractivity contribution in [3.63, 3.8) is 0 Å². The topological polar surface area (TPSA) is 105 Å². The van der Waals surface area contributed by atoms with Crippen molar-refractivity contribution < 1.29 is 14.4 Å². The van der Waals surface area contributed by atoms with Crippen LogP contribution in [0.3, 0.4) is 0 Å². The normalized spacial score (nSPS) is 15.5. The molecule has 108 valence electrons. The van der Waals surface area contributed by atoms with E-state index in [0.717, 1.165) is 11.8 Å². The van der Waals surface area contributed by atoms with Gasteiger partial charge in [0.25, 0.3) is 5.79 Å². The Kier molecular flexibility index (Phi) is 3.01. The molecule has 0 saturated heterocycles. The van der Waals surface area contributed by atoms with Crippen molar-refractivity contribution in [2.45, 2.75) is 19.3 Å². The minimum absolute atomic E-state index is 0.213. The van der Waals surface area contributed by atoms with E-state index >= 15 is 0 Å². The summed E-state index contributed by atoms with van der Waals surface area (Å²) >= 11 is 0. The van der Waals surface area contributed by atoms with Crippen LogP contribution in [0.15, 0.2) is 37.1 Å². The molecule has 2 aromatic rings. The zero-order valence-electron chi connectivity index (χ0n) is 11.0. The lowest BCUT2D eigenvalue weighted by Crippen LogP contribution is -2.22. The third-order valence-electron chi connectivity index (χ3n) is 3.00. The molecule has 3 rings (SSSR count). The second kappa shape index (κ2) is 4.85. The summed E-state index contributed by atoms with van der Waals surface area (Å²) in [5, 5.41) is 18.1. The number of hydrogen-bond donors (Lipinski definition) is 0. The number of rotatable bonds is 4. The van der Waals surface area contributed by atoms with Gasteiger partial charge in [0.05, 0.1) is 10.8 Å². The Balaban J connectivity index is 1.81. The van der Waals surface area contributed by atoms with E-state index < -0.39 is 10.7 Å². The Morgan fingerprint density at radius 2 is 2.19 bits per heavy atom. The minimum Gasteiger partial charge on any atom is -0.453 e. The summed E-state index contributed by atoms with van der Waals surface area (Å²) in [6.07, 6.45) is 5.65. The Morgan fingerprint density at radius 3 is 2.86 bits per heavy atom. The highest BCUT2D eigenvalue weighted by Gasteiger charge is 2.32. The van der Waals surface area contributed by atoms with Gasteiger partial charge in [0.15, 0.2) is 6.20 Å². The van der Waals surface area contributed by atoms with E-state index in [1.54, 1.807) is 25.3 Å². The molecule has 9 heteroatoms. The molecule has 0 atom stereocenters. The van der Waals surface area contributed by atoms with E-state index in [1.807, 2.05) is 0 Å². The predicted molar refractivity (Wildman–Crippen MR) is 68.7 cm³/mol. The fourth-order valence-electron chi connectivity index (χ4n) is 1.92. The summed E-state index contributed by atoms with van der Waals surface area (Å²) in [4.78, 5) is 15.4. The molecule has 1 aliphatic rings. The van der Waals surface area contributed by atoms with E-state index in [2.05, 4.69) is 15.2 Å². The van der Waals surface area contributed by atoms with Crippen molar-refractivity contribution >= 4 is 5.82 Å². The largest absolute Gasteiger partial charge is 0.453 e. The summed E-state index contributed by atoms with van der Waals surface area (Å²) in [5.74, 6) is -1.19. The van der Waals surface area contributed by atoms with Crippen LogP contribution in [-0.2, 0) is 21.8 Å². The summed E-state index contributed by atoms with van der Waals surface area (Å²) in [6, 6.07) is 3.55. The van der Waals surface area contributed by atoms with Crippen LogP contribution in [0.25, 0.3) is 0 Å². The Bertz CT molecular complexity index is 703. The van der Waals surface area contributed by atoms with Gasteiger partial charge in [0.2, 0.25) is 0 Å². The lowest BCUT2D eigenvalue weighted by atomic mass is 10.1. The van der Waals surface area contributed by atoms with Crippen LogP contribution in [0.4, 0.5) is 5.82 Å². The maximum Gasteiger partial charge on any atom is 0.410 e. The van der Waals surface area contributed by atoms with Crippen LogP contribution >= 0.6 is 0 Å². The average Bonchev–Trinajstić information content (AvgIpc) is 3.09. The molecule has 0 radical (unpaired) electrons. The molecule has 0 spiro atoms. The molecular weight excluding hydrogens is 278 g/mol. The lowest BCUT2D eigenvalue weighted by Gasteiger charge is -2.23. The van der Waals surface area contributed by atoms with Gasteiger partial charge in [-0.3, -0.25) is 4.98 Å². The quantitative estimate of drug-likeness (QED) is 0.617. The first-order valence-corrected chi connectivity index (χ1v) is 6.07. The molecule has 21 heavy (non-hydrogen) atoms. The van der Waals surface area contributed by atoms with E-state index in [-0.39, 0.29) is 12.4 Å². The lowest BCUT2D eigenvalue weighted by molar-refractivity contribution is -0.389. The van der Waals surface area contributed by atoms with Crippen LogP contribution in [0.5, 0.6) is 0 Å². The summed E-state index contributed by atoms with van der Waals surface area (Å²) in [7, 11) is 0. The van der Waals surface area contributed by atoms with Gasteiger partial charge < -0.3 is 19.6 Å². The number of nitro groups is 1. The summed E-state index contributed by atoms with van der Waals surface area (Å²) in [6.45, 7) is 1.99. The first kappa shape index (κ1) is 13.0. The number of nitrogens with zero attached hydrogens (tertiary/aromatic N) is 5. The van der Waals surface area contributed by atoms with Crippen molar-refractivity contribution in [2.24, 2.45) is 0 Å². The number of pyridine rings is 1. The molecule has 0 fully saturated rings. The monoisotopic (exact) mass is 289 g/mol. The SMILES string of the molecule is CC1(c2ccnc(Cn3ncc([N+](=O)[O-])n3)c2)OC=CO1. The average molecular weight is 289 g/mol. The highest BCUT2D eigenvalue weighted by Crippen LogP contribution is 2.31. The fourth-order valence-corrected chi connectivity index (χ4v) is 1.92. The zero-order chi connectivity index (χ0) is 14.9. The molecular formula is C12H11N5O4. The van der Waals surface area contributed by atoms with Crippen LogP contribution < -0.4 is 0 Å². The van der Waals surface area contributed by atoms with E-state index in [0.29, 0.717) is 5.69 Å². The zero-order valence-corrected chi connectivity index (χ0v) is 11.0. The van der Waals surface area contributed by atoms with Gasteiger partial charge in [0, 0.05) is 18.7 Å². The molecule has 0 bridgehead atoms. The molecule has 0 saturated carbocycles. The number of aromatic nitrogens is 4. The molecule has 0 aromatic carbocycles. The van der Waals surface area contributed by atoms with E-state index in [4.69, 9.17) is 9.47 Å². The molecule has 0 aliphatic carbocycles. The molecule has 3 heterocycles. The third kappa shape index (κ3) is 2.53. The van der Waals surface area contributed by atoms with Crippen LogP contribution in [-0.4, -0.2) is 24.9 Å². The van der Waals surface area contributed by atoms with Gasteiger partial charge >= 0.3 is 5.82 Å². The first-order valence-electron chi connectivity index (χ1n) is 6.07. The Hall–Kier alpha value is -2.97. The van der Waals surface area contributed by atoms with Gasteiger partial charge in [-0.2, -0.15) is 0 Å². The van der Waals surface area contributed by atoms with Crippen molar-refractivity contribution in [3.8, 4) is 0 Å².